The molecule has 0 saturated heterocycles. The van der Waals surface area contributed by atoms with E-state index in [0.717, 1.165) is 21.3 Å². The van der Waals surface area contributed by atoms with Gasteiger partial charge in [-0.2, -0.15) is 0 Å². The van der Waals surface area contributed by atoms with Crippen molar-refractivity contribution in [3.8, 4) is 10.6 Å². The average Bonchev–Trinajstić information content (AvgIpc) is 2.78. The molecule has 0 radical (unpaired) electrons. The second-order valence-corrected chi connectivity index (χ2v) is 4.64. The highest BCUT2D eigenvalue weighted by atomic mass is 32.1. The highest BCUT2D eigenvalue weighted by Gasteiger charge is 2.07. The Morgan fingerprint density at radius 2 is 1.88 bits per heavy atom. The molecule has 0 aliphatic heterocycles. The van der Waals surface area contributed by atoms with Crippen molar-refractivity contribution in [3.63, 3.8) is 0 Å². The van der Waals surface area contributed by atoms with Gasteiger partial charge in [0.25, 0.3) is 0 Å². The molecule has 4 nitrogen and oxygen atoms in total. The van der Waals surface area contributed by atoms with Crippen molar-refractivity contribution >= 4 is 16.5 Å². The zero-order valence-electron chi connectivity index (χ0n) is 9.34. The molecule has 2 N–H and O–H groups in total. The lowest BCUT2D eigenvalue weighted by Crippen LogP contribution is -2.07. The van der Waals surface area contributed by atoms with Crippen molar-refractivity contribution in [1.82, 2.24) is 10.2 Å². The van der Waals surface area contributed by atoms with Crippen LogP contribution in [0.5, 0.6) is 0 Å². The molecule has 1 aromatic carbocycles. The zero-order valence-corrected chi connectivity index (χ0v) is 10.2. The first-order valence-electron chi connectivity index (χ1n) is 5.01. The van der Waals surface area contributed by atoms with Crippen molar-refractivity contribution in [1.29, 1.82) is 0 Å². The fraction of sp³-hybridized carbons (Fsp3) is 0.273. The van der Waals surface area contributed by atoms with Gasteiger partial charge in [0.15, 0.2) is 0 Å². The summed E-state index contributed by atoms with van der Waals surface area (Å²) in [6.45, 7) is 0.569. The van der Waals surface area contributed by atoms with Crippen LogP contribution in [0.3, 0.4) is 0 Å². The van der Waals surface area contributed by atoms with Crippen LogP contribution in [0.4, 0.5) is 5.13 Å². The smallest absolute Gasteiger partial charge is 0.208 e. The molecule has 0 unspecified atom stereocenters. The van der Waals surface area contributed by atoms with Gasteiger partial charge in [0, 0.05) is 26.2 Å². The fourth-order valence-electron chi connectivity index (χ4n) is 1.30. The summed E-state index contributed by atoms with van der Waals surface area (Å²) >= 11 is 1.58. The molecule has 0 bridgehead atoms. The van der Waals surface area contributed by atoms with Crippen LogP contribution in [-0.4, -0.2) is 24.3 Å². The van der Waals surface area contributed by atoms with Crippen LogP contribution >= 0.6 is 11.3 Å². The minimum Gasteiger partial charge on any atom is -0.353 e. The van der Waals surface area contributed by atoms with E-state index in [1.165, 1.54) is 0 Å². The minimum absolute atomic E-state index is 0.569. The van der Waals surface area contributed by atoms with Crippen LogP contribution in [0.2, 0.25) is 0 Å². The SMILES string of the molecule is CN(C)c1nnc(-c2ccc(CN)cc2)s1. The van der Waals surface area contributed by atoms with Crippen LogP contribution in [0.15, 0.2) is 24.3 Å². The van der Waals surface area contributed by atoms with Gasteiger partial charge in [-0.25, -0.2) is 0 Å². The molecule has 16 heavy (non-hydrogen) atoms. The van der Waals surface area contributed by atoms with Crippen molar-refractivity contribution in [2.45, 2.75) is 6.54 Å². The number of nitrogens with zero attached hydrogens (tertiary/aromatic N) is 3. The van der Waals surface area contributed by atoms with Crippen LogP contribution < -0.4 is 10.6 Å². The lowest BCUT2D eigenvalue weighted by atomic mass is 10.1. The van der Waals surface area contributed by atoms with Gasteiger partial charge in [0.05, 0.1) is 0 Å². The molecular formula is C11H14N4S. The maximum Gasteiger partial charge on any atom is 0.208 e. The maximum atomic E-state index is 5.55. The molecule has 2 aromatic rings. The molecule has 0 aliphatic carbocycles. The summed E-state index contributed by atoms with van der Waals surface area (Å²) in [5.74, 6) is 0. The molecule has 0 atom stereocenters. The summed E-state index contributed by atoms with van der Waals surface area (Å²) in [6, 6.07) is 8.10. The molecule has 84 valence electrons. The monoisotopic (exact) mass is 234 g/mol. The second kappa shape index (κ2) is 4.59. The molecule has 0 aliphatic rings. The number of hydrogen-bond donors (Lipinski definition) is 1. The summed E-state index contributed by atoms with van der Waals surface area (Å²) < 4.78 is 0. The molecule has 0 spiro atoms. The topological polar surface area (TPSA) is 55.0 Å². The van der Waals surface area contributed by atoms with E-state index < -0.39 is 0 Å². The van der Waals surface area contributed by atoms with Gasteiger partial charge in [-0.1, -0.05) is 35.6 Å². The first-order chi connectivity index (χ1) is 7.70. The maximum absolute atomic E-state index is 5.55. The van der Waals surface area contributed by atoms with Gasteiger partial charge in [-0.15, -0.1) is 10.2 Å². The summed E-state index contributed by atoms with van der Waals surface area (Å²) in [7, 11) is 3.92. The van der Waals surface area contributed by atoms with E-state index in [2.05, 4.69) is 10.2 Å². The third-order valence-corrected chi connectivity index (χ3v) is 3.37. The van der Waals surface area contributed by atoms with E-state index in [1.54, 1.807) is 11.3 Å². The third-order valence-electron chi connectivity index (χ3n) is 2.23. The minimum atomic E-state index is 0.569. The highest BCUT2D eigenvalue weighted by molar-refractivity contribution is 7.18. The van der Waals surface area contributed by atoms with Gasteiger partial charge in [0.2, 0.25) is 5.13 Å². The zero-order chi connectivity index (χ0) is 11.5. The van der Waals surface area contributed by atoms with Crippen molar-refractivity contribution < 1.29 is 0 Å². The summed E-state index contributed by atoms with van der Waals surface area (Å²) in [4.78, 5) is 1.95. The summed E-state index contributed by atoms with van der Waals surface area (Å²) in [5, 5.41) is 10.1. The Morgan fingerprint density at radius 3 is 2.38 bits per heavy atom. The van der Waals surface area contributed by atoms with E-state index in [-0.39, 0.29) is 0 Å². The molecule has 0 saturated carbocycles. The molecule has 0 fully saturated rings. The van der Waals surface area contributed by atoms with Crippen LogP contribution in [0.25, 0.3) is 10.6 Å². The molecule has 5 heteroatoms. The van der Waals surface area contributed by atoms with Crippen LogP contribution in [0.1, 0.15) is 5.56 Å². The number of nitrogens with two attached hydrogens (primary N) is 1. The van der Waals surface area contributed by atoms with Gasteiger partial charge in [-0.05, 0) is 5.56 Å². The van der Waals surface area contributed by atoms with Crippen molar-refractivity contribution in [2.75, 3.05) is 19.0 Å². The van der Waals surface area contributed by atoms with Crippen molar-refractivity contribution in [3.05, 3.63) is 29.8 Å². The predicted molar refractivity (Wildman–Crippen MR) is 67.6 cm³/mol. The molecular weight excluding hydrogens is 220 g/mol. The Balaban J connectivity index is 2.28. The largest absolute Gasteiger partial charge is 0.353 e. The van der Waals surface area contributed by atoms with E-state index in [0.29, 0.717) is 6.54 Å². The lowest BCUT2D eigenvalue weighted by molar-refractivity contribution is 1.02. The average molecular weight is 234 g/mol. The lowest BCUT2D eigenvalue weighted by Gasteiger charge is -2.03. The Morgan fingerprint density at radius 1 is 1.19 bits per heavy atom. The second-order valence-electron chi connectivity index (χ2n) is 3.69. The third kappa shape index (κ3) is 2.20. The first kappa shape index (κ1) is 11.0. The Bertz CT molecular complexity index is 461. The Kier molecular flexibility index (Phi) is 3.17. The van der Waals surface area contributed by atoms with E-state index >= 15 is 0 Å². The standard InChI is InChI=1S/C11H14N4S/c1-15(2)11-14-13-10(16-11)9-5-3-8(7-12)4-6-9/h3-6H,7,12H2,1-2H3. The number of hydrogen-bond acceptors (Lipinski definition) is 5. The molecule has 1 heterocycles. The van der Waals surface area contributed by atoms with Gasteiger partial charge >= 0.3 is 0 Å². The highest BCUT2D eigenvalue weighted by Crippen LogP contribution is 2.27. The summed E-state index contributed by atoms with van der Waals surface area (Å²) in [6.07, 6.45) is 0. The normalized spacial score (nSPS) is 10.4. The van der Waals surface area contributed by atoms with Gasteiger partial charge in [0.1, 0.15) is 5.01 Å². The van der Waals surface area contributed by atoms with E-state index in [9.17, 15) is 0 Å². The predicted octanol–water partition coefficient (Wildman–Crippen LogP) is 1.73. The molecule has 1 aromatic heterocycles. The van der Waals surface area contributed by atoms with E-state index in [4.69, 9.17) is 5.73 Å². The Labute approximate surface area is 98.7 Å². The van der Waals surface area contributed by atoms with Gasteiger partial charge < -0.3 is 10.6 Å². The van der Waals surface area contributed by atoms with Crippen LogP contribution in [0, 0.1) is 0 Å². The first-order valence-corrected chi connectivity index (χ1v) is 5.82. The van der Waals surface area contributed by atoms with E-state index in [1.807, 2.05) is 43.3 Å². The number of anilines is 1. The van der Waals surface area contributed by atoms with Gasteiger partial charge in [-0.3, -0.25) is 0 Å². The number of aromatic nitrogens is 2. The molecule has 2 rings (SSSR count). The quantitative estimate of drug-likeness (QED) is 0.878. The summed E-state index contributed by atoms with van der Waals surface area (Å²) in [5.41, 5.74) is 7.76. The fourth-order valence-corrected chi connectivity index (χ4v) is 2.07. The number of benzene rings is 1. The van der Waals surface area contributed by atoms with Crippen molar-refractivity contribution in [2.24, 2.45) is 5.73 Å². The molecule has 0 amide bonds. The Hall–Kier alpha value is -1.46. The number of rotatable bonds is 3. The van der Waals surface area contributed by atoms with Crippen LogP contribution in [-0.2, 0) is 6.54 Å².